The molecule has 2 aromatic rings. The Labute approximate surface area is 205 Å². The third kappa shape index (κ3) is 7.57. The Morgan fingerprint density at radius 2 is 1.82 bits per heavy atom. The van der Waals surface area contributed by atoms with Gasteiger partial charge in [-0.25, -0.2) is 8.42 Å². The number of carbonyl (C=O) groups excluding carboxylic acids is 2. The highest BCUT2D eigenvalue weighted by atomic mass is 79.9. The summed E-state index contributed by atoms with van der Waals surface area (Å²) >= 11 is 3.41. The van der Waals surface area contributed by atoms with Crippen LogP contribution < -0.4 is 9.62 Å². The van der Waals surface area contributed by atoms with Crippen LogP contribution in [0.5, 0.6) is 0 Å². The van der Waals surface area contributed by atoms with Crippen molar-refractivity contribution in [2.75, 3.05) is 23.7 Å². The van der Waals surface area contributed by atoms with E-state index in [2.05, 4.69) is 21.2 Å². The zero-order valence-corrected chi connectivity index (χ0v) is 22.2. The zero-order valence-electron chi connectivity index (χ0n) is 19.8. The maximum absolute atomic E-state index is 13.5. The number of rotatable bonds is 10. The summed E-state index contributed by atoms with van der Waals surface area (Å²) < 4.78 is 27.1. The van der Waals surface area contributed by atoms with E-state index < -0.39 is 28.5 Å². The zero-order chi connectivity index (χ0) is 24.8. The van der Waals surface area contributed by atoms with Crippen molar-refractivity contribution in [1.29, 1.82) is 0 Å². The van der Waals surface area contributed by atoms with Crippen molar-refractivity contribution in [2.24, 2.45) is 0 Å². The van der Waals surface area contributed by atoms with Crippen molar-refractivity contribution in [3.63, 3.8) is 0 Å². The third-order valence-electron chi connectivity index (χ3n) is 5.26. The smallest absolute Gasteiger partial charge is 0.244 e. The van der Waals surface area contributed by atoms with Crippen LogP contribution in [0.4, 0.5) is 5.69 Å². The van der Waals surface area contributed by atoms with Crippen molar-refractivity contribution in [3.05, 3.63) is 63.6 Å². The van der Waals surface area contributed by atoms with E-state index in [0.29, 0.717) is 12.2 Å². The monoisotopic (exact) mass is 537 g/mol. The molecule has 0 fully saturated rings. The molecular formula is C24H32BrN3O4S. The number of sulfonamides is 1. The predicted molar refractivity (Wildman–Crippen MR) is 136 cm³/mol. The van der Waals surface area contributed by atoms with E-state index in [1.807, 2.05) is 45.0 Å². The van der Waals surface area contributed by atoms with E-state index in [1.54, 1.807) is 25.1 Å². The Hall–Kier alpha value is -2.39. The van der Waals surface area contributed by atoms with Crippen molar-refractivity contribution in [3.8, 4) is 0 Å². The van der Waals surface area contributed by atoms with Crippen molar-refractivity contribution >= 4 is 43.5 Å². The Morgan fingerprint density at radius 1 is 1.12 bits per heavy atom. The fourth-order valence-electron chi connectivity index (χ4n) is 3.38. The lowest BCUT2D eigenvalue weighted by atomic mass is 10.1. The number of nitrogens with one attached hydrogen (secondary N) is 1. The molecule has 2 amide bonds. The number of hydrogen-bond donors (Lipinski definition) is 1. The molecule has 33 heavy (non-hydrogen) atoms. The molecule has 0 aliphatic carbocycles. The molecule has 1 atom stereocenters. The highest BCUT2D eigenvalue weighted by molar-refractivity contribution is 9.10. The SMILES string of the molecule is CCCNC(=O)C(C)N(Cc1cccc(C)c1)C(=O)CN(c1ccc(Br)c(C)c1)S(C)(=O)=O. The van der Waals surface area contributed by atoms with Gasteiger partial charge in [-0.1, -0.05) is 52.7 Å². The fraction of sp³-hybridized carbons (Fsp3) is 0.417. The molecule has 7 nitrogen and oxygen atoms in total. The number of hydrogen-bond acceptors (Lipinski definition) is 4. The van der Waals surface area contributed by atoms with Gasteiger partial charge in [0.05, 0.1) is 11.9 Å². The van der Waals surface area contributed by atoms with Crippen LogP contribution in [0.2, 0.25) is 0 Å². The van der Waals surface area contributed by atoms with E-state index in [-0.39, 0.29) is 12.5 Å². The maximum Gasteiger partial charge on any atom is 0.244 e. The average Bonchev–Trinajstić information content (AvgIpc) is 2.74. The summed E-state index contributed by atoms with van der Waals surface area (Å²) in [5.74, 6) is -0.732. The molecule has 0 bridgehead atoms. The molecule has 0 aromatic heterocycles. The molecule has 180 valence electrons. The minimum atomic E-state index is -3.75. The van der Waals surface area contributed by atoms with Crippen LogP contribution in [0.25, 0.3) is 0 Å². The highest BCUT2D eigenvalue weighted by Crippen LogP contribution is 2.25. The minimum Gasteiger partial charge on any atom is -0.354 e. The van der Waals surface area contributed by atoms with Crippen LogP contribution in [0.3, 0.4) is 0 Å². The highest BCUT2D eigenvalue weighted by Gasteiger charge is 2.30. The van der Waals surface area contributed by atoms with Gasteiger partial charge >= 0.3 is 0 Å². The number of benzene rings is 2. The van der Waals surface area contributed by atoms with Gasteiger partial charge in [0.1, 0.15) is 12.6 Å². The lowest BCUT2D eigenvalue weighted by molar-refractivity contribution is -0.139. The van der Waals surface area contributed by atoms with Crippen LogP contribution in [0.1, 0.15) is 37.0 Å². The van der Waals surface area contributed by atoms with Crippen LogP contribution in [0.15, 0.2) is 46.9 Å². The molecule has 0 aliphatic heterocycles. The van der Waals surface area contributed by atoms with Crippen LogP contribution in [-0.2, 0) is 26.2 Å². The van der Waals surface area contributed by atoms with Gasteiger partial charge in [0.2, 0.25) is 21.8 Å². The summed E-state index contributed by atoms with van der Waals surface area (Å²) in [5, 5.41) is 2.82. The molecular weight excluding hydrogens is 506 g/mol. The normalized spacial score (nSPS) is 12.2. The summed E-state index contributed by atoms with van der Waals surface area (Å²) in [7, 11) is -3.75. The second-order valence-corrected chi connectivity index (χ2v) is 10.9. The first-order valence-electron chi connectivity index (χ1n) is 10.8. The molecule has 0 heterocycles. The molecule has 1 N–H and O–H groups in total. The first kappa shape index (κ1) is 26.9. The topological polar surface area (TPSA) is 86.8 Å². The number of aryl methyl sites for hydroxylation is 2. The summed E-state index contributed by atoms with van der Waals surface area (Å²) in [6.45, 7) is 7.70. The van der Waals surface area contributed by atoms with Crippen LogP contribution in [0, 0.1) is 13.8 Å². The Bertz CT molecular complexity index is 1100. The Kier molecular flexibility index (Phi) is 9.48. The standard InChI is InChI=1S/C24H32BrN3O4S/c1-6-12-26-24(30)19(4)27(15-20-9-7-8-17(2)13-20)23(29)16-28(33(5,31)32)21-10-11-22(25)18(3)14-21/h7-11,13-14,19H,6,12,15-16H2,1-5H3,(H,26,30). The molecule has 2 rings (SSSR count). The Balaban J connectivity index is 2.39. The van der Waals surface area contributed by atoms with Gasteiger partial charge in [0, 0.05) is 17.6 Å². The number of halogens is 1. The van der Waals surface area contributed by atoms with E-state index in [9.17, 15) is 18.0 Å². The predicted octanol–water partition coefficient (Wildman–Crippen LogP) is 3.78. The number of amides is 2. The first-order chi connectivity index (χ1) is 15.4. The van der Waals surface area contributed by atoms with E-state index in [1.165, 1.54) is 4.90 Å². The van der Waals surface area contributed by atoms with Gasteiger partial charge in [-0.3, -0.25) is 13.9 Å². The van der Waals surface area contributed by atoms with Crippen LogP contribution in [-0.4, -0.2) is 50.5 Å². The van der Waals surface area contributed by atoms with Crippen molar-refractivity contribution in [1.82, 2.24) is 10.2 Å². The second-order valence-electron chi connectivity index (χ2n) is 8.18. The number of nitrogens with zero attached hydrogens (tertiary/aromatic N) is 2. The van der Waals surface area contributed by atoms with Gasteiger partial charge in [-0.2, -0.15) is 0 Å². The molecule has 9 heteroatoms. The second kappa shape index (κ2) is 11.7. The molecule has 0 aliphatic rings. The minimum absolute atomic E-state index is 0.193. The summed E-state index contributed by atoms with van der Waals surface area (Å²) in [6.07, 6.45) is 1.84. The first-order valence-corrected chi connectivity index (χ1v) is 13.4. The quantitative estimate of drug-likeness (QED) is 0.499. The molecule has 1 unspecified atom stereocenters. The molecule has 0 saturated heterocycles. The van der Waals surface area contributed by atoms with Gasteiger partial charge in [0.25, 0.3) is 0 Å². The molecule has 2 aromatic carbocycles. The van der Waals surface area contributed by atoms with Gasteiger partial charge in [-0.15, -0.1) is 0 Å². The maximum atomic E-state index is 13.5. The Morgan fingerprint density at radius 3 is 2.39 bits per heavy atom. The van der Waals surface area contributed by atoms with E-state index >= 15 is 0 Å². The van der Waals surface area contributed by atoms with Crippen molar-refractivity contribution in [2.45, 2.75) is 46.7 Å². The third-order valence-corrected chi connectivity index (χ3v) is 7.29. The van der Waals surface area contributed by atoms with Crippen molar-refractivity contribution < 1.29 is 18.0 Å². The molecule has 0 saturated carbocycles. The number of anilines is 1. The summed E-state index contributed by atoms with van der Waals surface area (Å²) in [4.78, 5) is 27.6. The summed E-state index contributed by atoms with van der Waals surface area (Å²) in [5.41, 5.74) is 3.14. The van der Waals surface area contributed by atoms with Crippen LogP contribution >= 0.6 is 15.9 Å². The molecule has 0 spiro atoms. The van der Waals surface area contributed by atoms with E-state index in [0.717, 1.165) is 38.1 Å². The van der Waals surface area contributed by atoms with E-state index in [4.69, 9.17) is 0 Å². The lowest BCUT2D eigenvalue weighted by Crippen LogP contribution is -2.51. The lowest BCUT2D eigenvalue weighted by Gasteiger charge is -2.31. The summed E-state index contributed by atoms with van der Waals surface area (Å²) in [6, 6.07) is 12.0. The van der Waals surface area contributed by atoms with Gasteiger partial charge < -0.3 is 10.2 Å². The number of carbonyl (C=O) groups is 2. The largest absolute Gasteiger partial charge is 0.354 e. The van der Waals surface area contributed by atoms with Gasteiger partial charge in [0.15, 0.2) is 0 Å². The average molecular weight is 539 g/mol. The van der Waals surface area contributed by atoms with Gasteiger partial charge in [-0.05, 0) is 56.5 Å². The fourth-order valence-corrected chi connectivity index (χ4v) is 4.47. The molecule has 0 radical (unpaired) electrons.